The fraction of sp³-hybridized carbons (Fsp3) is 0.0370. The summed E-state index contributed by atoms with van der Waals surface area (Å²) in [5.74, 6) is 0. The van der Waals surface area contributed by atoms with Gasteiger partial charge in [-0.1, -0.05) is 152 Å². The van der Waals surface area contributed by atoms with Gasteiger partial charge >= 0.3 is 0 Å². The molecule has 0 spiro atoms. The highest BCUT2D eigenvalue weighted by Gasteiger charge is 2.22. The number of para-hydroxylation sites is 1. The van der Waals surface area contributed by atoms with E-state index in [-0.39, 0.29) is 0 Å². The molecule has 0 saturated heterocycles. The summed E-state index contributed by atoms with van der Waals surface area (Å²) in [7, 11) is 0. The van der Waals surface area contributed by atoms with Crippen molar-refractivity contribution in [2.24, 2.45) is 0 Å². The van der Waals surface area contributed by atoms with Crippen molar-refractivity contribution in [2.45, 2.75) is 12.8 Å². The average Bonchev–Trinajstić information content (AvgIpc) is 3.64. The molecule has 0 atom stereocenters. The molecule has 264 valence electrons. The van der Waals surface area contributed by atoms with Crippen LogP contribution in [0.2, 0.25) is 0 Å². The van der Waals surface area contributed by atoms with Crippen LogP contribution in [0.5, 0.6) is 0 Å². The van der Waals surface area contributed by atoms with Gasteiger partial charge in [-0.25, -0.2) is 0 Å². The molecule has 0 N–H and O–H groups in total. The standard InChI is InChI=1S/C54H37NO/c1-2-12-36(13-3-1)37-24-29-43(30-25-37)55(44-31-26-38(27-32-44)40-28-33-46-42(34-40)23-22-39-14-4-6-16-45(39)46)51-20-10-8-19-49(51)53-47-17-7-5-15-41(47)35-50-48-18-9-11-21-52(48)56-54(50)53/h1-8,10,12-35H,9,11H2. The van der Waals surface area contributed by atoms with Crippen LogP contribution < -0.4 is 15.5 Å². The number of fused-ring (bicyclic) bond motifs is 7. The first-order valence-electron chi connectivity index (χ1n) is 19.5. The molecule has 0 bridgehead atoms. The van der Waals surface area contributed by atoms with Crippen molar-refractivity contribution in [3.05, 3.63) is 199 Å². The first kappa shape index (κ1) is 32.3. The Hall–Kier alpha value is -7.16. The fourth-order valence-corrected chi connectivity index (χ4v) is 8.74. The van der Waals surface area contributed by atoms with Crippen LogP contribution in [0.25, 0.3) is 88.8 Å². The minimum atomic E-state index is 0.939. The normalized spacial score (nSPS) is 12.4. The number of hydrogen-bond acceptors (Lipinski definition) is 2. The molecule has 1 aliphatic rings. The molecule has 0 radical (unpaired) electrons. The summed E-state index contributed by atoms with van der Waals surface area (Å²) >= 11 is 0. The van der Waals surface area contributed by atoms with Gasteiger partial charge in [-0.05, 0) is 116 Å². The van der Waals surface area contributed by atoms with E-state index in [0.717, 1.165) is 52.0 Å². The quantitative estimate of drug-likeness (QED) is 0.159. The summed E-state index contributed by atoms with van der Waals surface area (Å²) in [5.41, 5.74) is 12.2. The lowest BCUT2D eigenvalue weighted by Gasteiger charge is -2.28. The maximum atomic E-state index is 6.81. The summed E-state index contributed by atoms with van der Waals surface area (Å²) in [5, 5.41) is 9.84. The molecule has 1 heterocycles. The Morgan fingerprint density at radius 1 is 0.393 bits per heavy atom. The lowest BCUT2D eigenvalue weighted by molar-refractivity contribution is 0.573. The van der Waals surface area contributed by atoms with Crippen LogP contribution in [0, 0.1) is 0 Å². The molecule has 1 aromatic heterocycles. The lowest BCUT2D eigenvalue weighted by Crippen LogP contribution is -2.21. The van der Waals surface area contributed by atoms with Crippen LogP contribution in [-0.4, -0.2) is 0 Å². The van der Waals surface area contributed by atoms with Gasteiger partial charge in [0.05, 0.1) is 5.69 Å². The van der Waals surface area contributed by atoms with Crippen LogP contribution in [0.15, 0.2) is 192 Å². The van der Waals surface area contributed by atoms with Gasteiger partial charge in [-0.15, -0.1) is 0 Å². The zero-order valence-electron chi connectivity index (χ0n) is 30.8. The Morgan fingerprint density at radius 2 is 0.964 bits per heavy atom. The highest BCUT2D eigenvalue weighted by Crippen LogP contribution is 2.45. The van der Waals surface area contributed by atoms with Crippen molar-refractivity contribution in [3.63, 3.8) is 0 Å². The van der Waals surface area contributed by atoms with Crippen molar-refractivity contribution in [1.82, 2.24) is 0 Å². The van der Waals surface area contributed by atoms with Gasteiger partial charge < -0.3 is 9.32 Å². The SMILES string of the molecule is C1=c2oc3c(-c4ccccc4N(c4ccc(-c5ccccc5)cc4)c4ccc(-c5ccc6c(ccc7ccccc76)c5)cc4)c4ccccc4cc3c2=CCC1. The number of benzene rings is 9. The van der Waals surface area contributed by atoms with Crippen molar-refractivity contribution in [1.29, 1.82) is 0 Å². The molecule has 0 unspecified atom stereocenters. The zero-order chi connectivity index (χ0) is 37.0. The smallest absolute Gasteiger partial charge is 0.143 e. The third-order valence-electron chi connectivity index (χ3n) is 11.5. The van der Waals surface area contributed by atoms with Gasteiger partial charge in [0.1, 0.15) is 11.0 Å². The Balaban J connectivity index is 1.09. The second-order valence-electron chi connectivity index (χ2n) is 14.7. The molecule has 10 aromatic rings. The van der Waals surface area contributed by atoms with Crippen LogP contribution in [0.1, 0.15) is 12.8 Å². The molecule has 0 fully saturated rings. The van der Waals surface area contributed by atoms with E-state index in [1.54, 1.807) is 0 Å². The maximum absolute atomic E-state index is 6.81. The Morgan fingerprint density at radius 3 is 1.77 bits per heavy atom. The third kappa shape index (κ3) is 5.41. The predicted molar refractivity (Wildman–Crippen MR) is 237 cm³/mol. The van der Waals surface area contributed by atoms with Gasteiger partial charge in [-0.3, -0.25) is 0 Å². The van der Waals surface area contributed by atoms with E-state index < -0.39 is 0 Å². The average molecular weight is 716 g/mol. The molecule has 9 aromatic carbocycles. The lowest BCUT2D eigenvalue weighted by atomic mass is 9.93. The molecule has 0 aliphatic heterocycles. The first-order chi connectivity index (χ1) is 27.8. The highest BCUT2D eigenvalue weighted by molar-refractivity contribution is 6.13. The summed E-state index contributed by atoms with van der Waals surface area (Å²) in [4.78, 5) is 2.40. The molecule has 11 rings (SSSR count). The molecule has 56 heavy (non-hydrogen) atoms. The van der Waals surface area contributed by atoms with Gasteiger partial charge in [0, 0.05) is 33.1 Å². The Bertz CT molecular complexity index is 3230. The van der Waals surface area contributed by atoms with Gasteiger partial charge in [0.15, 0.2) is 0 Å². The molecule has 0 saturated carbocycles. The molecular formula is C54H37NO. The van der Waals surface area contributed by atoms with E-state index in [1.165, 1.54) is 65.2 Å². The molecule has 1 aliphatic carbocycles. The van der Waals surface area contributed by atoms with Gasteiger partial charge in [0.25, 0.3) is 0 Å². The van der Waals surface area contributed by atoms with E-state index >= 15 is 0 Å². The number of anilines is 3. The van der Waals surface area contributed by atoms with E-state index in [2.05, 4.69) is 205 Å². The van der Waals surface area contributed by atoms with Crippen molar-refractivity contribution < 1.29 is 4.42 Å². The van der Waals surface area contributed by atoms with Crippen LogP contribution in [0.4, 0.5) is 17.1 Å². The van der Waals surface area contributed by atoms with E-state index in [0.29, 0.717) is 0 Å². The number of rotatable bonds is 6. The van der Waals surface area contributed by atoms with E-state index in [1.807, 2.05) is 0 Å². The molecule has 0 amide bonds. The Kier molecular flexibility index (Phi) is 7.67. The van der Waals surface area contributed by atoms with Crippen molar-refractivity contribution >= 4 is 72.5 Å². The molecule has 2 heteroatoms. The van der Waals surface area contributed by atoms with Crippen molar-refractivity contribution in [3.8, 4) is 33.4 Å². The van der Waals surface area contributed by atoms with Crippen LogP contribution >= 0.6 is 0 Å². The number of hydrogen-bond donors (Lipinski definition) is 0. The second kappa shape index (κ2) is 13.3. The largest absolute Gasteiger partial charge is 0.456 e. The second-order valence-corrected chi connectivity index (χ2v) is 14.7. The predicted octanol–water partition coefficient (Wildman–Crippen LogP) is 13.7. The van der Waals surface area contributed by atoms with Crippen LogP contribution in [-0.2, 0) is 0 Å². The molecule has 2 nitrogen and oxygen atoms in total. The fourth-order valence-electron chi connectivity index (χ4n) is 8.74. The van der Waals surface area contributed by atoms with Gasteiger partial charge in [0.2, 0.25) is 0 Å². The topological polar surface area (TPSA) is 16.4 Å². The van der Waals surface area contributed by atoms with Crippen LogP contribution in [0.3, 0.4) is 0 Å². The van der Waals surface area contributed by atoms with Crippen molar-refractivity contribution in [2.75, 3.05) is 4.90 Å². The summed E-state index contributed by atoms with van der Waals surface area (Å²) < 4.78 is 6.81. The van der Waals surface area contributed by atoms with E-state index in [4.69, 9.17) is 4.42 Å². The minimum Gasteiger partial charge on any atom is -0.456 e. The third-order valence-corrected chi connectivity index (χ3v) is 11.5. The molecular weight excluding hydrogens is 679 g/mol. The highest BCUT2D eigenvalue weighted by atomic mass is 16.3. The Labute approximate surface area is 325 Å². The van der Waals surface area contributed by atoms with E-state index in [9.17, 15) is 0 Å². The maximum Gasteiger partial charge on any atom is 0.143 e. The monoisotopic (exact) mass is 715 g/mol. The minimum absolute atomic E-state index is 0.939. The summed E-state index contributed by atoms with van der Waals surface area (Å²) in [6, 6.07) is 68.3. The first-order valence-corrected chi connectivity index (χ1v) is 19.5. The number of nitrogens with zero attached hydrogens (tertiary/aromatic N) is 1. The summed E-state index contributed by atoms with van der Waals surface area (Å²) in [6.07, 6.45) is 6.61. The zero-order valence-corrected chi connectivity index (χ0v) is 30.8. The number of furan rings is 1. The van der Waals surface area contributed by atoms with Gasteiger partial charge in [-0.2, -0.15) is 0 Å². The summed E-state index contributed by atoms with van der Waals surface area (Å²) in [6.45, 7) is 0.